The summed E-state index contributed by atoms with van der Waals surface area (Å²) in [6, 6.07) is 7.11. The predicted octanol–water partition coefficient (Wildman–Crippen LogP) is 2.65. The molecule has 26 heavy (non-hydrogen) atoms. The fourth-order valence-electron chi connectivity index (χ4n) is 3.81. The molecule has 1 aliphatic rings. The second-order valence-electron chi connectivity index (χ2n) is 7.52. The molecule has 0 saturated carbocycles. The monoisotopic (exact) mass is 359 g/mol. The van der Waals surface area contributed by atoms with Gasteiger partial charge in [0.25, 0.3) is 0 Å². The molecule has 1 aliphatic heterocycles. The van der Waals surface area contributed by atoms with E-state index in [9.17, 15) is 4.39 Å². The van der Waals surface area contributed by atoms with E-state index in [1.54, 1.807) is 12.1 Å². The second kappa shape index (κ2) is 8.73. The molecule has 3 rings (SSSR count). The van der Waals surface area contributed by atoms with E-state index in [-0.39, 0.29) is 5.82 Å². The molecule has 5 nitrogen and oxygen atoms in total. The van der Waals surface area contributed by atoms with Gasteiger partial charge in [0, 0.05) is 20.1 Å². The highest BCUT2D eigenvalue weighted by Crippen LogP contribution is 2.19. The van der Waals surface area contributed by atoms with Gasteiger partial charge in [0.15, 0.2) is 0 Å². The van der Waals surface area contributed by atoms with E-state index in [1.165, 1.54) is 12.8 Å². The van der Waals surface area contributed by atoms with E-state index in [0.29, 0.717) is 0 Å². The number of hydrogen-bond donors (Lipinski definition) is 0. The summed E-state index contributed by atoms with van der Waals surface area (Å²) >= 11 is 0. The molecule has 2 aromatic rings. The second-order valence-corrected chi connectivity index (χ2v) is 7.52. The van der Waals surface area contributed by atoms with Gasteiger partial charge in [0.2, 0.25) is 0 Å². The normalized spacial score (nSPS) is 16.5. The first kappa shape index (κ1) is 19.0. The Morgan fingerprint density at radius 2 is 1.96 bits per heavy atom. The van der Waals surface area contributed by atoms with Crippen LogP contribution in [0.2, 0.25) is 0 Å². The Hall–Kier alpha value is -1.79. The van der Waals surface area contributed by atoms with Crippen molar-refractivity contribution in [3.05, 3.63) is 47.3 Å². The maximum absolute atomic E-state index is 13.7. The fourth-order valence-corrected chi connectivity index (χ4v) is 3.81. The van der Waals surface area contributed by atoms with E-state index in [0.717, 1.165) is 62.3 Å². The first-order valence-corrected chi connectivity index (χ1v) is 9.52. The lowest BCUT2D eigenvalue weighted by atomic mass is 9.96. The van der Waals surface area contributed by atoms with Crippen molar-refractivity contribution < 1.29 is 4.39 Å². The van der Waals surface area contributed by atoms with Crippen LogP contribution in [0.4, 0.5) is 4.39 Å². The Kier molecular flexibility index (Phi) is 6.38. The standard InChI is InChI=1S/C20H30FN5/c1-16-22-20(25(3)23-16)15-24(2)14-17-8-11-26(12-9-17)13-10-18-6-4-5-7-19(18)21/h4-7,17H,8-15H2,1-3H3. The maximum Gasteiger partial charge on any atom is 0.147 e. The molecule has 0 aliphatic carbocycles. The third-order valence-electron chi connectivity index (χ3n) is 5.30. The lowest BCUT2D eigenvalue weighted by Crippen LogP contribution is -2.38. The minimum absolute atomic E-state index is 0.0805. The molecule has 1 fully saturated rings. The molecule has 0 unspecified atom stereocenters. The SMILES string of the molecule is Cc1nc(CN(C)CC2CCN(CCc3ccccc3F)CC2)n(C)n1. The molecule has 0 spiro atoms. The van der Waals surface area contributed by atoms with Gasteiger partial charge in [-0.1, -0.05) is 18.2 Å². The van der Waals surface area contributed by atoms with E-state index >= 15 is 0 Å². The third kappa shape index (κ3) is 5.11. The van der Waals surface area contributed by atoms with Crippen molar-refractivity contribution in [3.8, 4) is 0 Å². The summed E-state index contributed by atoms with van der Waals surface area (Å²) in [5.74, 6) is 2.49. The van der Waals surface area contributed by atoms with E-state index in [4.69, 9.17) is 0 Å². The molecule has 2 heterocycles. The van der Waals surface area contributed by atoms with Gasteiger partial charge in [0.1, 0.15) is 17.5 Å². The van der Waals surface area contributed by atoms with Crippen molar-refractivity contribution in [2.75, 3.05) is 33.2 Å². The number of rotatable bonds is 7. The number of nitrogens with zero attached hydrogens (tertiary/aromatic N) is 5. The Bertz CT molecular complexity index is 706. The lowest BCUT2D eigenvalue weighted by Gasteiger charge is -2.33. The number of benzene rings is 1. The minimum Gasteiger partial charge on any atom is -0.303 e. The predicted molar refractivity (Wildman–Crippen MR) is 101 cm³/mol. The zero-order valence-corrected chi connectivity index (χ0v) is 16.2. The van der Waals surface area contributed by atoms with Gasteiger partial charge < -0.3 is 4.90 Å². The quantitative estimate of drug-likeness (QED) is 0.762. The van der Waals surface area contributed by atoms with Gasteiger partial charge in [-0.15, -0.1) is 0 Å². The van der Waals surface area contributed by atoms with Crippen molar-refractivity contribution in [3.63, 3.8) is 0 Å². The number of piperidine rings is 1. The molecule has 0 radical (unpaired) electrons. The summed E-state index contributed by atoms with van der Waals surface area (Å²) < 4.78 is 15.6. The molecule has 142 valence electrons. The zero-order chi connectivity index (χ0) is 18.5. The first-order valence-electron chi connectivity index (χ1n) is 9.52. The number of aromatic nitrogens is 3. The van der Waals surface area contributed by atoms with Gasteiger partial charge >= 0.3 is 0 Å². The molecule has 0 amide bonds. The van der Waals surface area contributed by atoms with E-state index in [2.05, 4.69) is 26.9 Å². The van der Waals surface area contributed by atoms with Gasteiger partial charge in [-0.05, 0) is 63.9 Å². The highest BCUT2D eigenvalue weighted by molar-refractivity contribution is 5.17. The number of hydrogen-bond acceptors (Lipinski definition) is 4. The summed E-state index contributed by atoms with van der Waals surface area (Å²) in [4.78, 5) is 9.30. The van der Waals surface area contributed by atoms with Crippen LogP contribution in [0.3, 0.4) is 0 Å². The smallest absolute Gasteiger partial charge is 0.147 e. The number of likely N-dealkylation sites (tertiary alicyclic amines) is 1. The van der Waals surface area contributed by atoms with Gasteiger partial charge in [-0.25, -0.2) is 9.37 Å². The molecular weight excluding hydrogens is 329 g/mol. The van der Waals surface area contributed by atoms with Crippen LogP contribution in [0.25, 0.3) is 0 Å². The zero-order valence-electron chi connectivity index (χ0n) is 16.2. The van der Waals surface area contributed by atoms with Crippen LogP contribution >= 0.6 is 0 Å². The Labute approximate surface area is 155 Å². The molecule has 0 N–H and O–H groups in total. The summed E-state index contributed by atoms with van der Waals surface area (Å²) in [6.45, 7) is 7.02. The van der Waals surface area contributed by atoms with Crippen LogP contribution in [-0.4, -0.2) is 57.8 Å². The van der Waals surface area contributed by atoms with Gasteiger partial charge in [0.05, 0.1) is 6.54 Å². The van der Waals surface area contributed by atoms with Crippen molar-refractivity contribution in [2.24, 2.45) is 13.0 Å². The largest absolute Gasteiger partial charge is 0.303 e. The summed E-state index contributed by atoms with van der Waals surface area (Å²) in [7, 11) is 4.12. The van der Waals surface area contributed by atoms with Crippen LogP contribution in [-0.2, 0) is 20.0 Å². The average molecular weight is 359 g/mol. The number of aryl methyl sites for hydroxylation is 2. The summed E-state index contributed by atoms with van der Waals surface area (Å²) in [5.41, 5.74) is 0.827. The average Bonchev–Trinajstić information content (AvgIpc) is 2.92. The van der Waals surface area contributed by atoms with Crippen molar-refractivity contribution in [1.82, 2.24) is 24.6 Å². The fraction of sp³-hybridized carbons (Fsp3) is 0.600. The van der Waals surface area contributed by atoms with Crippen molar-refractivity contribution in [1.29, 1.82) is 0 Å². The first-order chi connectivity index (χ1) is 12.5. The molecule has 1 aromatic carbocycles. The van der Waals surface area contributed by atoms with Gasteiger partial charge in [-0.3, -0.25) is 9.58 Å². The number of halogens is 1. The maximum atomic E-state index is 13.7. The van der Waals surface area contributed by atoms with E-state index < -0.39 is 0 Å². The molecule has 0 atom stereocenters. The van der Waals surface area contributed by atoms with E-state index in [1.807, 2.05) is 30.8 Å². The molecular formula is C20H30FN5. The highest BCUT2D eigenvalue weighted by Gasteiger charge is 2.21. The van der Waals surface area contributed by atoms with Crippen LogP contribution < -0.4 is 0 Å². The molecule has 0 bridgehead atoms. The summed E-state index contributed by atoms with van der Waals surface area (Å²) in [6.07, 6.45) is 3.21. The molecule has 6 heteroatoms. The summed E-state index contributed by atoms with van der Waals surface area (Å²) in [5, 5.41) is 4.32. The lowest BCUT2D eigenvalue weighted by molar-refractivity contribution is 0.151. The van der Waals surface area contributed by atoms with Crippen LogP contribution in [0, 0.1) is 18.7 Å². The van der Waals surface area contributed by atoms with Crippen LogP contribution in [0.5, 0.6) is 0 Å². The van der Waals surface area contributed by atoms with Gasteiger partial charge in [-0.2, -0.15) is 5.10 Å². The molecule has 1 saturated heterocycles. The highest BCUT2D eigenvalue weighted by atomic mass is 19.1. The van der Waals surface area contributed by atoms with Crippen molar-refractivity contribution >= 4 is 0 Å². The minimum atomic E-state index is -0.0805. The topological polar surface area (TPSA) is 37.2 Å². The Balaban J connectivity index is 1.39. The molecule has 1 aromatic heterocycles. The van der Waals surface area contributed by atoms with Crippen molar-refractivity contribution in [2.45, 2.75) is 32.7 Å². The Morgan fingerprint density at radius 3 is 2.62 bits per heavy atom. The van der Waals surface area contributed by atoms with Crippen LogP contribution in [0.1, 0.15) is 30.1 Å². The van der Waals surface area contributed by atoms with Crippen LogP contribution in [0.15, 0.2) is 24.3 Å². The third-order valence-corrected chi connectivity index (χ3v) is 5.30. The Morgan fingerprint density at radius 1 is 1.23 bits per heavy atom.